The molecule has 1 unspecified atom stereocenters. The Hall–Kier alpha value is -2.63. The van der Waals surface area contributed by atoms with E-state index in [4.69, 9.17) is 0 Å². The number of nitrogens with zero attached hydrogens (tertiary/aromatic N) is 5. The van der Waals surface area contributed by atoms with E-state index in [0.29, 0.717) is 0 Å². The molecule has 0 spiro atoms. The molecule has 0 saturated carbocycles. The third-order valence-electron chi connectivity index (χ3n) is 3.46. The average Bonchev–Trinajstić information content (AvgIpc) is 3.08. The number of imidazole rings is 2. The maximum atomic E-state index is 4.47. The van der Waals surface area contributed by atoms with Crippen molar-refractivity contribution in [3.8, 4) is 5.82 Å². The van der Waals surface area contributed by atoms with Crippen LogP contribution in [0.25, 0.3) is 5.82 Å². The van der Waals surface area contributed by atoms with Gasteiger partial charge in [-0.3, -0.25) is 4.57 Å². The number of rotatable bonds is 4. The van der Waals surface area contributed by atoms with Crippen molar-refractivity contribution < 1.29 is 0 Å². The third kappa shape index (κ3) is 2.52. The average molecular weight is 282 g/mol. The minimum absolute atomic E-state index is 0.0803. The van der Waals surface area contributed by atoms with Crippen LogP contribution in [-0.4, -0.2) is 24.1 Å². The number of pyridine rings is 1. The molecule has 6 nitrogen and oxygen atoms in total. The summed E-state index contributed by atoms with van der Waals surface area (Å²) in [5, 5.41) is 3.47. The van der Waals surface area contributed by atoms with Crippen LogP contribution >= 0.6 is 0 Å². The van der Waals surface area contributed by atoms with Gasteiger partial charge in [-0.15, -0.1) is 0 Å². The van der Waals surface area contributed by atoms with Crippen LogP contribution in [0.5, 0.6) is 0 Å². The van der Waals surface area contributed by atoms with Crippen LogP contribution in [0.1, 0.15) is 24.6 Å². The summed E-state index contributed by atoms with van der Waals surface area (Å²) in [6.45, 7) is 4.04. The predicted octanol–water partition coefficient (Wildman–Crippen LogP) is 2.48. The molecular formula is C15H18N6. The predicted molar refractivity (Wildman–Crippen MR) is 81.3 cm³/mol. The molecule has 3 heterocycles. The van der Waals surface area contributed by atoms with Gasteiger partial charge >= 0.3 is 0 Å². The lowest BCUT2D eigenvalue weighted by molar-refractivity contribution is 0.720. The van der Waals surface area contributed by atoms with Crippen molar-refractivity contribution in [2.75, 3.05) is 5.32 Å². The van der Waals surface area contributed by atoms with Crippen LogP contribution in [0.4, 0.5) is 5.69 Å². The van der Waals surface area contributed by atoms with E-state index in [2.05, 4.69) is 27.2 Å². The first kappa shape index (κ1) is 13.4. The summed E-state index contributed by atoms with van der Waals surface area (Å²) in [4.78, 5) is 13.1. The summed E-state index contributed by atoms with van der Waals surface area (Å²) in [5.41, 5.74) is 0.953. The summed E-state index contributed by atoms with van der Waals surface area (Å²) >= 11 is 0. The Balaban J connectivity index is 1.93. The Morgan fingerprint density at radius 3 is 2.57 bits per heavy atom. The Kier molecular flexibility index (Phi) is 3.43. The molecule has 0 radical (unpaired) electrons. The summed E-state index contributed by atoms with van der Waals surface area (Å²) in [5.74, 6) is 2.72. The van der Waals surface area contributed by atoms with Crippen LogP contribution in [0.3, 0.4) is 0 Å². The SMILES string of the molecule is Cc1nccn1-c1ncccc1NC(C)c1nccn1C. The molecule has 1 N–H and O–H groups in total. The summed E-state index contributed by atoms with van der Waals surface area (Å²) in [7, 11) is 1.99. The van der Waals surface area contributed by atoms with Gasteiger partial charge in [-0.05, 0) is 26.0 Å². The van der Waals surface area contributed by atoms with Crippen LogP contribution in [0.15, 0.2) is 43.1 Å². The Morgan fingerprint density at radius 1 is 1.10 bits per heavy atom. The fourth-order valence-corrected chi connectivity index (χ4v) is 2.40. The minimum Gasteiger partial charge on any atom is -0.372 e. The Labute approximate surface area is 123 Å². The van der Waals surface area contributed by atoms with Crippen LogP contribution in [0, 0.1) is 6.92 Å². The normalized spacial score (nSPS) is 12.3. The van der Waals surface area contributed by atoms with E-state index >= 15 is 0 Å². The highest BCUT2D eigenvalue weighted by Gasteiger charge is 2.14. The van der Waals surface area contributed by atoms with Gasteiger partial charge < -0.3 is 9.88 Å². The van der Waals surface area contributed by atoms with Crippen molar-refractivity contribution in [1.82, 2.24) is 24.1 Å². The van der Waals surface area contributed by atoms with E-state index in [-0.39, 0.29) is 6.04 Å². The summed E-state index contributed by atoms with van der Waals surface area (Å²) in [6, 6.07) is 4.02. The largest absolute Gasteiger partial charge is 0.372 e. The molecular weight excluding hydrogens is 264 g/mol. The summed E-state index contributed by atoms with van der Waals surface area (Å²) < 4.78 is 3.98. The fraction of sp³-hybridized carbons (Fsp3) is 0.267. The first-order valence-corrected chi connectivity index (χ1v) is 6.86. The second-order valence-corrected chi connectivity index (χ2v) is 4.98. The van der Waals surface area contributed by atoms with Gasteiger partial charge in [0.05, 0.1) is 11.7 Å². The third-order valence-corrected chi connectivity index (χ3v) is 3.46. The molecule has 0 amide bonds. The molecule has 0 aliphatic rings. The van der Waals surface area contributed by atoms with Gasteiger partial charge in [0.15, 0.2) is 5.82 Å². The van der Waals surface area contributed by atoms with Gasteiger partial charge in [0, 0.05) is 38.0 Å². The maximum absolute atomic E-state index is 4.47. The van der Waals surface area contributed by atoms with Crippen molar-refractivity contribution in [3.63, 3.8) is 0 Å². The van der Waals surface area contributed by atoms with Crippen LogP contribution in [0.2, 0.25) is 0 Å². The van der Waals surface area contributed by atoms with Crippen LogP contribution in [-0.2, 0) is 7.05 Å². The molecule has 3 aromatic rings. The number of anilines is 1. The second kappa shape index (κ2) is 5.40. The Morgan fingerprint density at radius 2 is 1.90 bits per heavy atom. The first-order chi connectivity index (χ1) is 10.2. The fourth-order valence-electron chi connectivity index (χ4n) is 2.40. The number of nitrogens with one attached hydrogen (secondary N) is 1. The van der Waals surface area contributed by atoms with Gasteiger partial charge in [0.1, 0.15) is 11.6 Å². The molecule has 3 aromatic heterocycles. The zero-order chi connectivity index (χ0) is 14.8. The van der Waals surface area contributed by atoms with E-state index in [1.54, 1.807) is 18.6 Å². The highest BCUT2D eigenvalue weighted by molar-refractivity contribution is 5.57. The Bertz CT molecular complexity index is 742. The van der Waals surface area contributed by atoms with Gasteiger partial charge in [-0.25, -0.2) is 15.0 Å². The van der Waals surface area contributed by atoms with Gasteiger partial charge in [0.25, 0.3) is 0 Å². The lowest BCUT2D eigenvalue weighted by Crippen LogP contribution is -2.14. The van der Waals surface area contributed by atoms with Gasteiger partial charge in [0.2, 0.25) is 0 Å². The first-order valence-electron chi connectivity index (χ1n) is 6.86. The molecule has 0 bridgehead atoms. The lowest BCUT2D eigenvalue weighted by Gasteiger charge is -2.18. The molecule has 0 aliphatic carbocycles. The monoisotopic (exact) mass is 282 g/mol. The van der Waals surface area contributed by atoms with Crippen molar-refractivity contribution in [3.05, 3.63) is 54.8 Å². The van der Waals surface area contributed by atoms with Crippen molar-refractivity contribution in [2.24, 2.45) is 7.05 Å². The van der Waals surface area contributed by atoms with E-state index in [9.17, 15) is 0 Å². The zero-order valence-electron chi connectivity index (χ0n) is 12.4. The van der Waals surface area contributed by atoms with Crippen molar-refractivity contribution in [2.45, 2.75) is 19.9 Å². The van der Waals surface area contributed by atoms with Gasteiger partial charge in [-0.1, -0.05) is 0 Å². The van der Waals surface area contributed by atoms with Crippen molar-refractivity contribution >= 4 is 5.69 Å². The maximum Gasteiger partial charge on any atom is 0.161 e. The van der Waals surface area contributed by atoms with E-state index in [1.807, 2.05) is 47.6 Å². The highest BCUT2D eigenvalue weighted by atomic mass is 15.2. The lowest BCUT2D eigenvalue weighted by atomic mass is 10.2. The number of aryl methyl sites for hydroxylation is 2. The number of hydrogen-bond donors (Lipinski definition) is 1. The molecule has 0 saturated heterocycles. The topological polar surface area (TPSA) is 60.6 Å². The van der Waals surface area contributed by atoms with Gasteiger partial charge in [-0.2, -0.15) is 0 Å². The molecule has 1 atom stereocenters. The highest BCUT2D eigenvalue weighted by Crippen LogP contribution is 2.23. The minimum atomic E-state index is 0.0803. The van der Waals surface area contributed by atoms with E-state index in [1.165, 1.54) is 0 Å². The molecule has 0 aromatic carbocycles. The summed E-state index contributed by atoms with van der Waals surface area (Å²) in [6.07, 6.45) is 9.21. The van der Waals surface area contributed by atoms with E-state index < -0.39 is 0 Å². The molecule has 6 heteroatoms. The zero-order valence-corrected chi connectivity index (χ0v) is 12.4. The standard InChI is InChI=1S/C15H18N6/c1-11(14-18-7-9-20(14)3)19-13-5-4-6-17-15(13)21-10-8-16-12(21)2/h4-11,19H,1-3H3. The van der Waals surface area contributed by atoms with Crippen LogP contribution < -0.4 is 5.32 Å². The smallest absolute Gasteiger partial charge is 0.161 e. The molecule has 3 rings (SSSR count). The quantitative estimate of drug-likeness (QED) is 0.798. The molecule has 108 valence electrons. The molecule has 21 heavy (non-hydrogen) atoms. The molecule has 0 aliphatic heterocycles. The second-order valence-electron chi connectivity index (χ2n) is 4.98. The molecule has 0 fully saturated rings. The number of hydrogen-bond acceptors (Lipinski definition) is 4. The van der Waals surface area contributed by atoms with E-state index in [0.717, 1.165) is 23.2 Å². The number of aromatic nitrogens is 5. The van der Waals surface area contributed by atoms with Crippen molar-refractivity contribution in [1.29, 1.82) is 0 Å².